The molecule has 0 saturated heterocycles. The van der Waals surface area contributed by atoms with E-state index >= 15 is 0 Å². The SMILES string of the molecule is CC(C)(C)c1ccc(N(c2ccccc2)c2ccc3c(c2)c2cccc4c5cc6c(cc5n3c24)c2cccc3c4cc(N(c5ccccc5)c5ccc(C(C)(C)C)cc5)ccc4n6c32)cc1. The second-order valence-corrected chi connectivity index (χ2v) is 20.3. The molecule has 66 heavy (non-hydrogen) atoms. The van der Waals surface area contributed by atoms with Crippen molar-refractivity contribution in [1.82, 2.24) is 8.80 Å². The van der Waals surface area contributed by atoms with Crippen molar-refractivity contribution in [2.75, 3.05) is 9.80 Å². The zero-order chi connectivity index (χ0) is 44.6. The minimum absolute atomic E-state index is 0.0816. The van der Waals surface area contributed by atoms with Gasteiger partial charge in [0.25, 0.3) is 0 Å². The summed E-state index contributed by atoms with van der Waals surface area (Å²) in [6.07, 6.45) is 0. The number of fused-ring (bicyclic) bond motifs is 12. The lowest BCUT2D eigenvalue weighted by molar-refractivity contribution is 0.590. The molecule has 4 nitrogen and oxygen atoms in total. The summed E-state index contributed by atoms with van der Waals surface area (Å²) in [5.41, 5.74) is 17.2. The summed E-state index contributed by atoms with van der Waals surface area (Å²) in [5, 5.41) is 10.2. The summed E-state index contributed by atoms with van der Waals surface area (Å²) in [6, 6.07) is 72.4. The molecule has 0 atom stereocenters. The smallest absolute Gasteiger partial charge is 0.0620 e. The summed E-state index contributed by atoms with van der Waals surface area (Å²) in [7, 11) is 0. The number of para-hydroxylation sites is 4. The average molecular weight is 851 g/mol. The highest BCUT2D eigenvalue weighted by molar-refractivity contribution is 6.29. The van der Waals surface area contributed by atoms with Crippen molar-refractivity contribution in [3.63, 3.8) is 0 Å². The van der Waals surface area contributed by atoms with Gasteiger partial charge < -0.3 is 18.6 Å². The number of benzene rings is 9. The van der Waals surface area contributed by atoms with Crippen LogP contribution in [0.4, 0.5) is 34.1 Å². The van der Waals surface area contributed by atoms with Crippen molar-refractivity contribution in [1.29, 1.82) is 0 Å². The van der Waals surface area contributed by atoms with Gasteiger partial charge in [-0.15, -0.1) is 0 Å². The van der Waals surface area contributed by atoms with Crippen LogP contribution in [0.1, 0.15) is 52.7 Å². The predicted octanol–water partition coefficient (Wildman–Crippen LogP) is 17.5. The molecule has 0 amide bonds. The van der Waals surface area contributed by atoms with E-state index in [1.807, 2.05) is 0 Å². The van der Waals surface area contributed by atoms with Gasteiger partial charge in [-0.1, -0.05) is 139 Å². The average Bonchev–Trinajstić information content (AvgIpc) is 4.05. The number of hydrogen-bond donors (Lipinski definition) is 0. The molecule has 0 N–H and O–H groups in total. The third-order valence-electron chi connectivity index (χ3n) is 14.2. The second kappa shape index (κ2) is 13.8. The van der Waals surface area contributed by atoms with E-state index in [9.17, 15) is 0 Å². The van der Waals surface area contributed by atoms with Crippen LogP contribution in [0.2, 0.25) is 0 Å². The lowest BCUT2D eigenvalue weighted by Gasteiger charge is -2.27. The molecule has 0 saturated carbocycles. The van der Waals surface area contributed by atoms with Crippen LogP contribution in [0.5, 0.6) is 0 Å². The molecular weight excluding hydrogens is 801 g/mol. The largest absolute Gasteiger partial charge is 0.310 e. The van der Waals surface area contributed by atoms with E-state index in [2.05, 4.69) is 254 Å². The Morgan fingerprint density at radius 2 is 0.591 bits per heavy atom. The fraction of sp³-hybridized carbons (Fsp3) is 0.129. The Hall–Kier alpha value is -7.82. The summed E-state index contributed by atoms with van der Waals surface area (Å²) in [6.45, 7) is 13.6. The predicted molar refractivity (Wildman–Crippen MR) is 283 cm³/mol. The Morgan fingerprint density at radius 1 is 0.273 bits per heavy atom. The minimum atomic E-state index is 0.0816. The number of anilines is 6. The van der Waals surface area contributed by atoms with E-state index in [1.54, 1.807) is 0 Å². The molecule has 4 heteroatoms. The standard InChI is InChI=1S/C62H50N4/c1-61(2,3)39-23-27-43(28-24-39)63(41-15-9-7-10-16-41)45-31-33-55-51(35-45)47-19-13-21-49-53-38-58-54(37-57(53)65(55)59(47)49)50-22-14-20-48-52-36-46(32-34-56(52)66(58)60(48)50)64(42-17-11-8-12-18-42)44-29-25-40(26-30-44)62(4,5)6/h7-38H,1-6H3. The normalized spacial score (nSPS) is 12.7. The van der Waals surface area contributed by atoms with Gasteiger partial charge in [-0.25, -0.2) is 0 Å². The molecule has 4 aromatic heterocycles. The van der Waals surface area contributed by atoms with Crippen LogP contribution in [0, 0.1) is 0 Å². The fourth-order valence-electron chi connectivity index (χ4n) is 11.0. The highest BCUT2D eigenvalue weighted by Gasteiger charge is 2.25. The molecular formula is C62H50N4. The molecule has 13 aromatic rings. The molecule has 0 fully saturated rings. The summed E-state index contributed by atoms with van der Waals surface area (Å²) >= 11 is 0. The monoisotopic (exact) mass is 850 g/mol. The van der Waals surface area contributed by atoms with Gasteiger partial charge in [-0.3, -0.25) is 0 Å². The Kier molecular flexibility index (Phi) is 8.10. The molecule has 4 heterocycles. The highest BCUT2D eigenvalue weighted by atomic mass is 15.1. The van der Waals surface area contributed by atoms with E-state index < -0.39 is 0 Å². The fourth-order valence-corrected chi connectivity index (χ4v) is 11.0. The summed E-state index contributed by atoms with van der Waals surface area (Å²) in [4.78, 5) is 4.77. The van der Waals surface area contributed by atoms with Crippen LogP contribution in [-0.4, -0.2) is 8.80 Å². The summed E-state index contributed by atoms with van der Waals surface area (Å²) in [5.74, 6) is 0. The van der Waals surface area contributed by atoms with Crippen molar-refractivity contribution in [3.05, 3.63) is 205 Å². The van der Waals surface area contributed by atoms with Crippen LogP contribution in [0.15, 0.2) is 194 Å². The zero-order valence-corrected chi connectivity index (χ0v) is 38.3. The Labute approximate surface area is 384 Å². The van der Waals surface area contributed by atoms with Crippen molar-refractivity contribution in [2.45, 2.75) is 52.4 Å². The quantitative estimate of drug-likeness (QED) is 0.166. The molecule has 0 aliphatic carbocycles. The molecule has 0 unspecified atom stereocenters. The van der Waals surface area contributed by atoms with E-state index in [0.29, 0.717) is 0 Å². The van der Waals surface area contributed by atoms with Gasteiger partial charge in [-0.2, -0.15) is 0 Å². The highest BCUT2D eigenvalue weighted by Crippen LogP contribution is 2.47. The summed E-state index contributed by atoms with van der Waals surface area (Å²) < 4.78 is 5.05. The number of hydrogen-bond acceptors (Lipinski definition) is 2. The van der Waals surface area contributed by atoms with Crippen molar-refractivity contribution in [2.24, 2.45) is 0 Å². The van der Waals surface area contributed by atoms with Gasteiger partial charge in [0.2, 0.25) is 0 Å². The second-order valence-electron chi connectivity index (χ2n) is 20.3. The van der Waals surface area contributed by atoms with Crippen LogP contribution in [0.3, 0.4) is 0 Å². The van der Waals surface area contributed by atoms with E-state index in [0.717, 1.165) is 34.1 Å². The van der Waals surface area contributed by atoms with E-state index in [1.165, 1.54) is 87.3 Å². The molecule has 9 aromatic carbocycles. The molecule has 318 valence electrons. The van der Waals surface area contributed by atoms with Gasteiger partial charge in [0, 0.05) is 77.2 Å². The first kappa shape index (κ1) is 38.6. The third kappa shape index (κ3) is 5.64. The molecule has 0 spiro atoms. The van der Waals surface area contributed by atoms with Crippen LogP contribution in [0.25, 0.3) is 76.2 Å². The van der Waals surface area contributed by atoms with E-state index in [-0.39, 0.29) is 10.8 Å². The van der Waals surface area contributed by atoms with Crippen molar-refractivity contribution >= 4 is 110 Å². The Morgan fingerprint density at radius 3 is 0.939 bits per heavy atom. The van der Waals surface area contributed by atoms with Gasteiger partial charge in [0.1, 0.15) is 0 Å². The molecule has 0 radical (unpaired) electrons. The van der Waals surface area contributed by atoms with Gasteiger partial charge in [0.15, 0.2) is 0 Å². The third-order valence-corrected chi connectivity index (χ3v) is 14.2. The molecule has 0 aliphatic rings. The first-order valence-electron chi connectivity index (χ1n) is 23.3. The topological polar surface area (TPSA) is 15.3 Å². The number of rotatable bonds is 6. The lowest BCUT2D eigenvalue weighted by atomic mass is 9.87. The van der Waals surface area contributed by atoms with Crippen LogP contribution >= 0.6 is 0 Å². The van der Waals surface area contributed by atoms with Crippen LogP contribution < -0.4 is 9.80 Å². The van der Waals surface area contributed by atoms with Crippen molar-refractivity contribution < 1.29 is 0 Å². The van der Waals surface area contributed by atoms with Gasteiger partial charge in [-0.05, 0) is 119 Å². The first-order chi connectivity index (χ1) is 32.0. The van der Waals surface area contributed by atoms with Crippen molar-refractivity contribution in [3.8, 4) is 0 Å². The van der Waals surface area contributed by atoms with Gasteiger partial charge >= 0.3 is 0 Å². The number of nitrogens with zero attached hydrogens (tertiary/aromatic N) is 4. The van der Waals surface area contributed by atoms with E-state index in [4.69, 9.17) is 0 Å². The minimum Gasteiger partial charge on any atom is -0.310 e. The first-order valence-corrected chi connectivity index (χ1v) is 23.3. The molecule has 13 rings (SSSR count). The maximum absolute atomic E-state index is 2.52. The number of aromatic nitrogens is 2. The lowest BCUT2D eigenvalue weighted by Crippen LogP contribution is -2.13. The Balaban J connectivity index is 0.988. The maximum Gasteiger partial charge on any atom is 0.0620 e. The van der Waals surface area contributed by atoms with Crippen LogP contribution in [-0.2, 0) is 10.8 Å². The van der Waals surface area contributed by atoms with Gasteiger partial charge in [0.05, 0.1) is 33.1 Å². The molecule has 0 aliphatic heterocycles. The zero-order valence-electron chi connectivity index (χ0n) is 38.3. The maximum atomic E-state index is 2.52. The Bertz CT molecular complexity index is 3710. The molecule has 0 bridgehead atoms.